The predicted molar refractivity (Wildman–Crippen MR) is 103 cm³/mol. The zero-order valence-electron chi connectivity index (χ0n) is 15.5. The van der Waals surface area contributed by atoms with Crippen LogP contribution in [0.4, 0.5) is 11.4 Å². The molecule has 1 aromatic heterocycles. The molecule has 150 valence electrons. The number of pyridine rings is 1. The van der Waals surface area contributed by atoms with E-state index >= 15 is 0 Å². The molecule has 1 fully saturated rings. The topological polar surface area (TPSA) is 130 Å². The van der Waals surface area contributed by atoms with Crippen molar-refractivity contribution in [3.63, 3.8) is 0 Å². The average Bonchev–Trinajstić information content (AvgIpc) is 2.71. The van der Waals surface area contributed by atoms with E-state index < -0.39 is 28.6 Å². The molecule has 10 nitrogen and oxygen atoms in total. The minimum absolute atomic E-state index is 0.389. The molecule has 0 radical (unpaired) electrons. The summed E-state index contributed by atoms with van der Waals surface area (Å²) in [7, 11) is 0. The third-order valence-corrected chi connectivity index (χ3v) is 4.46. The maximum absolute atomic E-state index is 12.3. The molecule has 0 atom stereocenters. The van der Waals surface area contributed by atoms with E-state index in [0.29, 0.717) is 5.69 Å². The largest absolute Gasteiger partial charge is 0.379 e. The predicted octanol–water partition coefficient (Wildman–Crippen LogP) is 1.10. The highest BCUT2D eigenvalue weighted by Gasteiger charge is 2.16. The van der Waals surface area contributed by atoms with Crippen LogP contribution in [0.5, 0.6) is 0 Å². The summed E-state index contributed by atoms with van der Waals surface area (Å²) in [6, 6.07) is 9.82. The summed E-state index contributed by atoms with van der Waals surface area (Å²) in [6.45, 7) is 3.54. The van der Waals surface area contributed by atoms with Crippen LogP contribution in [-0.4, -0.2) is 46.6 Å². The summed E-state index contributed by atoms with van der Waals surface area (Å²) in [5, 5.41) is 22.6. The highest BCUT2D eigenvalue weighted by molar-refractivity contribution is 5.90. The fraction of sp³-hybridized carbons (Fsp3) is 0.316. The van der Waals surface area contributed by atoms with Gasteiger partial charge in [0.15, 0.2) is 0 Å². The number of hydrogen-bond donors (Lipinski definition) is 1. The molecule has 1 N–H and O–H groups in total. The molecular formula is C19H19N5O5. The number of carbonyl (C=O) groups excluding carboxylic acids is 1. The summed E-state index contributed by atoms with van der Waals surface area (Å²) in [5.74, 6) is -0.530. The van der Waals surface area contributed by atoms with Crippen molar-refractivity contribution < 1.29 is 14.5 Å². The molecule has 10 heteroatoms. The first-order valence-corrected chi connectivity index (χ1v) is 8.94. The normalized spacial score (nSPS) is 14.2. The zero-order valence-corrected chi connectivity index (χ0v) is 15.5. The van der Waals surface area contributed by atoms with Crippen LogP contribution in [0, 0.1) is 21.4 Å². The van der Waals surface area contributed by atoms with Crippen molar-refractivity contribution in [1.82, 2.24) is 9.47 Å². The summed E-state index contributed by atoms with van der Waals surface area (Å²) in [6.07, 6.45) is 0.953. The first-order chi connectivity index (χ1) is 14.0. The fourth-order valence-electron chi connectivity index (χ4n) is 2.98. The van der Waals surface area contributed by atoms with Gasteiger partial charge < -0.3 is 10.1 Å². The van der Waals surface area contributed by atoms with Gasteiger partial charge in [-0.1, -0.05) is 12.1 Å². The Morgan fingerprint density at radius 3 is 2.59 bits per heavy atom. The van der Waals surface area contributed by atoms with Crippen molar-refractivity contribution in [2.45, 2.75) is 13.1 Å². The number of nitrogens with zero attached hydrogens (tertiary/aromatic N) is 4. The van der Waals surface area contributed by atoms with E-state index in [4.69, 9.17) is 10.00 Å². The molecule has 1 amide bonds. The van der Waals surface area contributed by atoms with Crippen LogP contribution in [-0.2, 0) is 22.6 Å². The fourth-order valence-corrected chi connectivity index (χ4v) is 2.98. The molecular weight excluding hydrogens is 378 g/mol. The number of morpholine rings is 1. The number of anilines is 1. The number of nitriles is 1. The van der Waals surface area contributed by atoms with Gasteiger partial charge in [-0.2, -0.15) is 5.26 Å². The number of aromatic nitrogens is 1. The molecule has 3 rings (SSSR count). The van der Waals surface area contributed by atoms with Crippen LogP contribution in [0.15, 0.2) is 41.3 Å². The molecule has 2 heterocycles. The van der Waals surface area contributed by atoms with Crippen LogP contribution in [0.25, 0.3) is 0 Å². The van der Waals surface area contributed by atoms with E-state index in [0.717, 1.165) is 55.2 Å². The second-order valence-corrected chi connectivity index (χ2v) is 6.55. The molecule has 0 bridgehead atoms. The number of nitro groups is 1. The van der Waals surface area contributed by atoms with Gasteiger partial charge in [-0.05, 0) is 17.7 Å². The second-order valence-electron chi connectivity index (χ2n) is 6.55. The minimum atomic E-state index is -0.755. The van der Waals surface area contributed by atoms with Crippen LogP contribution in [0.1, 0.15) is 11.1 Å². The lowest BCUT2D eigenvalue weighted by Gasteiger charge is -2.26. The minimum Gasteiger partial charge on any atom is -0.379 e. The maximum Gasteiger partial charge on any atom is 0.287 e. The van der Waals surface area contributed by atoms with E-state index in [1.165, 1.54) is 0 Å². The van der Waals surface area contributed by atoms with E-state index in [1.807, 2.05) is 12.1 Å². The van der Waals surface area contributed by atoms with Crippen LogP contribution >= 0.6 is 0 Å². The number of ether oxygens (including phenoxy) is 1. The Morgan fingerprint density at radius 1 is 1.28 bits per heavy atom. The number of rotatable bonds is 6. The first-order valence-electron chi connectivity index (χ1n) is 8.94. The molecule has 1 aromatic carbocycles. The smallest absolute Gasteiger partial charge is 0.287 e. The average molecular weight is 397 g/mol. The van der Waals surface area contributed by atoms with Gasteiger partial charge >= 0.3 is 0 Å². The van der Waals surface area contributed by atoms with Crippen LogP contribution < -0.4 is 10.9 Å². The van der Waals surface area contributed by atoms with Crippen molar-refractivity contribution in [1.29, 1.82) is 5.26 Å². The van der Waals surface area contributed by atoms with Crippen molar-refractivity contribution in [2.24, 2.45) is 0 Å². The summed E-state index contributed by atoms with van der Waals surface area (Å²) in [4.78, 5) is 36.9. The first kappa shape index (κ1) is 20.2. The van der Waals surface area contributed by atoms with Gasteiger partial charge in [0.1, 0.15) is 18.2 Å². The van der Waals surface area contributed by atoms with Crippen molar-refractivity contribution in [3.8, 4) is 6.07 Å². The lowest BCUT2D eigenvalue weighted by atomic mass is 10.2. The summed E-state index contributed by atoms with van der Waals surface area (Å²) >= 11 is 0. The van der Waals surface area contributed by atoms with E-state index in [2.05, 4.69) is 10.2 Å². The molecule has 1 aliphatic rings. The number of carbonyl (C=O) groups is 1. The van der Waals surface area contributed by atoms with E-state index in [-0.39, 0.29) is 5.56 Å². The highest BCUT2D eigenvalue weighted by atomic mass is 16.6. The lowest BCUT2D eigenvalue weighted by molar-refractivity contribution is -0.385. The van der Waals surface area contributed by atoms with Crippen LogP contribution in [0.2, 0.25) is 0 Å². The Balaban J connectivity index is 1.65. The third-order valence-electron chi connectivity index (χ3n) is 4.46. The molecule has 1 saturated heterocycles. The molecule has 0 spiro atoms. The van der Waals surface area contributed by atoms with Gasteiger partial charge in [0.25, 0.3) is 11.2 Å². The molecule has 0 aliphatic carbocycles. The Kier molecular flexibility index (Phi) is 6.33. The van der Waals surface area contributed by atoms with E-state index in [9.17, 15) is 19.7 Å². The van der Waals surface area contributed by atoms with Crippen molar-refractivity contribution >= 4 is 17.3 Å². The van der Waals surface area contributed by atoms with E-state index in [1.54, 1.807) is 18.2 Å². The maximum atomic E-state index is 12.3. The number of nitrogens with one attached hydrogen (secondary N) is 1. The Labute approximate surface area is 166 Å². The third kappa shape index (κ3) is 5.25. The van der Waals surface area contributed by atoms with Gasteiger partial charge in [-0.15, -0.1) is 0 Å². The zero-order chi connectivity index (χ0) is 20.8. The van der Waals surface area contributed by atoms with Crippen LogP contribution in [0.3, 0.4) is 0 Å². The molecule has 0 saturated carbocycles. The molecule has 29 heavy (non-hydrogen) atoms. The number of hydrogen-bond acceptors (Lipinski definition) is 7. The van der Waals surface area contributed by atoms with Gasteiger partial charge in [0.05, 0.1) is 24.3 Å². The van der Waals surface area contributed by atoms with Gasteiger partial charge in [-0.25, -0.2) is 0 Å². The van der Waals surface area contributed by atoms with Gasteiger partial charge in [0, 0.05) is 31.4 Å². The summed E-state index contributed by atoms with van der Waals surface area (Å²) < 4.78 is 6.18. The summed E-state index contributed by atoms with van der Waals surface area (Å²) in [5.41, 5.74) is 0.0631. The molecule has 1 aliphatic heterocycles. The monoisotopic (exact) mass is 397 g/mol. The molecule has 0 unspecified atom stereocenters. The van der Waals surface area contributed by atoms with Gasteiger partial charge in [0.2, 0.25) is 5.91 Å². The standard InChI is InChI=1S/C19H19N5O5/c20-10-15-9-17(24(27)28)12-23(19(15)26)13-18(25)21-16-3-1-14(2-4-16)11-22-5-7-29-8-6-22/h1-4,9,12H,5-8,11,13H2,(H,21,25). The van der Waals surface area contributed by atoms with Crippen molar-refractivity contribution in [3.05, 3.63) is 68.1 Å². The molecule has 2 aromatic rings. The Hall–Kier alpha value is -3.55. The Bertz CT molecular complexity index is 1000. The Morgan fingerprint density at radius 2 is 1.97 bits per heavy atom. The highest BCUT2D eigenvalue weighted by Crippen LogP contribution is 2.13. The number of amides is 1. The quantitative estimate of drug-likeness (QED) is 0.570. The number of benzene rings is 1. The SMILES string of the molecule is N#Cc1cc([N+](=O)[O-])cn(CC(=O)Nc2ccc(CN3CCOCC3)cc2)c1=O. The van der Waals surface area contributed by atoms with Gasteiger partial charge in [-0.3, -0.25) is 29.2 Å². The second kappa shape index (κ2) is 9.09. The van der Waals surface area contributed by atoms with Crippen molar-refractivity contribution in [2.75, 3.05) is 31.6 Å². The lowest BCUT2D eigenvalue weighted by Crippen LogP contribution is -2.35.